The lowest BCUT2D eigenvalue weighted by Gasteiger charge is -2.13. The summed E-state index contributed by atoms with van der Waals surface area (Å²) >= 11 is 0. The van der Waals surface area contributed by atoms with Crippen molar-refractivity contribution in [2.45, 2.75) is 26.4 Å². The van der Waals surface area contributed by atoms with Gasteiger partial charge in [-0.2, -0.15) is 0 Å². The molecular weight excluding hydrogens is 204 g/mol. The number of rotatable bonds is 8. The van der Waals surface area contributed by atoms with Crippen LogP contribution in [0.15, 0.2) is 16.5 Å². The molecule has 0 saturated heterocycles. The average molecular weight is 226 g/mol. The number of hydrogen-bond donors (Lipinski definition) is 2. The van der Waals surface area contributed by atoms with Gasteiger partial charge >= 0.3 is 0 Å². The van der Waals surface area contributed by atoms with Crippen molar-refractivity contribution in [2.75, 3.05) is 26.8 Å². The van der Waals surface area contributed by atoms with Crippen molar-refractivity contribution in [3.63, 3.8) is 0 Å². The normalized spacial score (nSPS) is 12.9. The maximum atomic E-state index is 5.47. The second-order valence-corrected chi connectivity index (χ2v) is 3.99. The molecule has 1 rings (SSSR count). The van der Waals surface area contributed by atoms with Gasteiger partial charge in [-0.15, -0.1) is 0 Å². The maximum absolute atomic E-state index is 5.47. The van der Waals surface area contributed by atoms with E-state index in [1.54, 1.807) is 7.11 Å². The van der Waals surface area contributed by atoms with E-state index in [1.807, 2.05) is 19.1 Å². The molecule has 2 N–H and O–H groups in total. The van der Waals surface area contributed by atoms with Crippen LogP contribution >= 0.6 is 0 Å². The Hall–Kier alpha value is -0.840. The topological polar surface area (TPSA) is 46.4 Å². The summed E-state index contributed by atoms with van der Waals surface area (Å²) in [5, 5.41) is 6.70. The maximum Gasteiger partial charge on any atom is 0.117 e. The molecule has 0 aromatic carbocycles. The minimum absolute atomic E-state index is 0.419. The molecule has 0 radical (unpaired) electrons. The number of hydrogen-bond acceptors (Lipinski definition) is 4. The quantitative estimate of drug-likeness (QED) is 0.656. The van der Waals surface area contributed by atoms with E-state index < -0.39 is 0 Å². The van der Waals surface area contributed by atoms with E-state index >= 15 is 0 Å². The summed E-state index contributed by atoms with van der Waals surface area (Å²) < 4.78 is 10.4. The predicted octanol–water partition coefficient (Wildman–Crippen LogP) is 1.30. The van der Waals surface area contributed by atoms with Gasteiger partial charge in [0.2, 0.25) is 0 Å². The second kappa shape index (κ2) is 7.44. The molecule has 0 saturated carbocycles. The largest absolute Gasteiger partial charge is 0.465 e. The molecule has 1 unspecified atom stereocenters. The van der Waals surface area contributed by atoms with Gasteiger partial charge in [-0.05, 0) is 26.0 Å². The number of nitrogens with one attached hydrogen (secondary N) is 2. The monoisotopic (exact) mass is 226 g/mol. The lowest BCUT2D eigenvalue weighted by atomic mass is 10.3. The molecule has 0 aliphatic heterocycles. The lowest BCUT2D eigenvalue weighted by Crippen LogP contribution is -2.37. The third kappa shape index (κ3) is 5.30. The molecule has 1 aromatic heterocycles. The Labute approximate surface area is 97.4 Å². The fraction of sp³-hybridized carbons (Fsp3) is 0.667. The Bertz CT molecular complexity index is 286. The van der Waals surface area contributed by atoms with E-state index in [-0.39, 0.29) is 0 Å². The Morgan fingerprint density at radius 2 is 2.25 bits per heavy atom. The van der Waals surface area contributed by atoms with Crippen LogP contribution in [0.5, 0.6) is 0 Å². The summed E-state index contributed by atoms with van der Waals surface area (Å²) in [4.78, 5) is 0. The number of ether oxygens (including phenoxy) is 1. The van der Waals surface area contributed by atoms with Gasteiger partial charge in [-0.3, -0.25) is 0 Å². The van der Waals surface area contributed by atoms with Gasteiger partial charge in [-0.1, -0.05) is 0 Å². The summed E-state index contributed by atoms with van der Waals surface area (Å²) in [5.41, 5.74) is 0. The van der Waals surface area contributed by atoms with Crippen molar-refractivity contribution in [3.8, 4) is 0 Å². The third-order valence-corrected chi connectivity index (χ3v) is 2.35. The first kappa shape index (κ1) is 13.2. The van der Waals surface area contributed by atoms with Crippen LogP contribution in [0, 0.1) is 6.92 Å². The number of aryl methyl sites for hydroxylation is 1. The fourth-order valence-electron chi connectivity index (χ4n) is 1.42. The van der Waals surface area contributed by atoms with E-state index in [2.05, 4.69) is 17.6 Å². The fourth-order valence-corrected chi connectivity index (χ4v) is 1.42. The molecule has 4 heteroatoms. The van der Waals surface area contributed by atoms with Crippen molar-refractivity contribution in [2.24, 2.45) is 0 Å². The summed E-state index contributed by atoms with van der Waals surface area (Å²) in [6, 6.07) is 4.41. The number of methoxy groups -OCH3 is 1. The second-order valence-electron chi connectivity index (χ2n) is 3.99. The molecule has 1 aromatic rings. The first-order valence-corrected chi connectivity index (χ1v) is 5.70. The molecule has 92 valence electrons. The summed E-state index contributed by atoms with van der Waals surface area (Å²) in [6.45, 7) is 7.46. The summed E-state index contributed by atoms with van der Waals surface area (Å²) in [6.07, 6.45) is 0. The zero-order valence-electron chi connectivity index (χ0n) is 10.4. The molecular formula is C12H22N2O2. The molecule has 16 heavy (non-hydrogen) atoms. The Morgan fingerprint density at radius 1 is 1.44 bits per heavy atom. The van der Waals surface area contributed by atoms with Crippen LogP contribution in [-0.4, -0.2) is 32.8 Å². The van der Waals surface area contributed by atoms with Crippen molar-refractivity contribution >= 4 is 0 Å². The molecule has 0 spiro atoms. The lowest BCUT2D eigenvalue weighted by molar-refractivity contribution is 0.198. The summed E-state index contributed by atoms with van der Waals surface area (Å²) in [7, 11) is 1.71. The van der Waals surface area contributed by atoms with Gasteiger partial charge in [0, 0.05) is 26.2 Å². The molecule has 0 aliphatic carbocycles. The first-order valence-electron chi connectivity index (χ1n) is 5.70. The third-order valence-electron chi connectivity index (χ3n) is 2.35. The van der Waals surface area contributed by atoms with Crippen molar-refractivity contribution in [1.82, 2.24) is 10.6 Å². The van der Waals surface area contributed by atoms with Gasteiger partial charge in [0.25, 0.3) is 0 Å². The molecule has 0 aliphatic rings. The highest BCUT2D eigenvalue weighted by atomic mass is 16.5. The molecule has 0 fully saturated rings. The Balaban J connectivity index is 2.08. The van der Waals surface area contributed by atoms with Crippen LogP contribution in [0.3, 0.4) is 0 Å². The van der Waals surface area contributed by atoms with E-state index in [1.165, 1.54) is 0 Å². The highest BCUT2D eigenvalue weighted by molar-refractivity contribution is 5.05. The van der Waals surface area contributed by atoms with E-state index in [9.17, 15) is 0 Å². The zero-order valence-corrected chi connectivity index (χ0v) is 10.4. The Morgan fingerprint density at radius 3 is 2.88 bits per heavy atom. The van der Waals surface area contributed by atoms with Gasteiger partial charge in [0.1, 0.15) is 11.5 Å². The van der Waals surface area contributed by atoms with Gasteiger partial charge in [0.05, 0.1) is 13.2 Å². The van der Waals surface area contributed by atoms with Crippen molar-refractivity contribution in [3.05, 3.63) is 23.7 Å². The van der Waals surface area contributed by atoms with Crippen LogP contribution in [0.4, 0.5) is 0 Å². The Kier molecular flexibility index (Phi) is 6.15. The molecule has 0 amide bonds. The highest BCUT2D eigenvalue weighted by Crippen LogP contribution is 2.05. The summed E-state index contributed by atoms with van der Waals surface area (Å²) in [5.74, 6) is 1.95. The molecule has 4 nitrogen and oxygen atoms in total. The smallest absolute Gasteiger partial charge is 0.117 e. The van der Waals surface area contributed by atoms with Crippen molar-refractivity contribution < 1.29 is 9.15 Å². The predicted molar refractivity (Wildman–Crippen MR) is 64.5 cm³/mol. The van der Waals surface area contributed by atoms with E-state index in [0.717, 1.165) is 37.8 Å². The molecule has 1 heterocycles. The van der Waals surface area contributed by atoms with Gasteiger partial charge in [-0.25, -0.2) is 0 Å². The highest BCUT2D eigenvalue weighted by Gasteiger charge is 2.02. The van der Waals surface area contributed by atoms with Crippen LogP contribution in [-0.2, 0) is 11.3 Å². The van der Waals surface area contributed by atoms with Crippen LogP contribution < -0.4 is 10.6 Å². The average Bonchev–Trinajstić information content (AvgIpc) is 2.68. The van der Waals surface area contributed by atoms with Crippen molar-refractivity contribution in [1.29, 1.82) is 0 Å². The van der Waals surface area contributed by atoms with Gasteiger partial charge in [0.15, 0.2) is 0 Å². The van der Waals surface area contributed by atoms with Crippen LogP contribution in [0.1, 0.15) is 18.4 Å². The SMILES string of the molecule is COCCNCC(C)NCc1ccc(C)o1. The van der Waals surface area contributed by atoms with E-state index in [4.69, 9.17) is 9.15 Å². The van der Waals surface area contributed by atoms with Crippen LogP contribution in [0.25, 0.3) is 0 Å². The first-order chi connectivity index (χ1) is 7.72. The zero-order chi connectivity index (χ0) is 11.8. The van der Waals surface area contributed by atoms with Gasteiger partial charge < -0.3 is 19.8 Å². The van der Waals surface area contributed by atoms with Crippen LogP contribution in [0.2, 0.25) is 0 Å². The molecule has 0 bridgehead atoms. The molecule has 1 atom stereocenters. The standard InChI is InChI=1S/C12H22N2O2/c1-10(8-13-6-7-15-3)14-9-12-5-4-11(2)16-12/h4-5,10,13-14H,6-9H2,1-3H3. The number of furan rings is 1. The van der Waals surface area contributed by atoms with E-state index in [0.29, 0.717) is 6.04 Å². The minimum Gasteiger partial charge on any atom is -0.465 e. The minimum atomic E-state index is 0.419.